The molecule has 0 spiro atoms. The van der Waals surface area contributed by atoms with Crippen LogP contribution in [0.3, 0.4) is 0 Å². The van der Waals surface area contributed by atoms with Gasteiger partial charge in [0.15, 0.2) is 0 Å². The van der Waals surface area contributed by atoms with Crippen molar-refractivity contribution in [2.24, 2.45) is 11.3 Å². The zero-order valence-corrected chi connectivity index (χ0v) is 26.8. The summed E-state index contributed by atoms with van der Waals surface area (Å²) in [4.78, 5) is 45.8. The summed E-state index contributed by atoms with van der Waals surface area (Å²) in [6.45, 7) is 13.6. The number of ether oxygens (including phenoxy) is 5. The van der Waals surface area contributed by atoms with Crippen LogP contribution in [0, 0.1) is 11.3 Å². The van der Waals surface area contributed by atoms with Gasteiger partial charge in [0.2, 0.25) is 0 Å². The Morgan fingerprint density at radius 1 is 0.844 bits per heavy atom. The van der Waals surface area contributed by atoms with E-state index in [1.54, 1.807) is 24.3 Å². The number of carbonyl (C=O) groups is 4. The van der Waals surface area contributed by atoms with E-state index in [2.05, 4.69) is 11.3 Å². The number of rotatable bonds is 17. The topological polar surface area (TPSA) is 155 Å². The summed E-state index contributed by atoms with van der Waals surface area (Å²) in [6.07, 6.45) is 4.01. The van der Waals surface area contributed by atoms with Gasteiger partial charge >= 0.3 is 31.0 Å². The summed E-state index contributed by atoms with van der Waals surface area (Å²) >= 11 is 0. The first kappa shape index (κ1) is 38.9. The molecule has 0 bridgehead atoms. The highest BCUT2D eigenvalue weighted by Gasteiger charge is 2.26. The second-order valence-corrected chi connectivity index (χ2v) is 10.6. The van der Waals surface area contributed by atoms with E-state index in [1.165, 1.54) is 24.3 Å². The first-order valence-electron chi connectivity index (χ1n) is 14.9. The van der Waals surface area contributed by atoms with Crippen molar-refractivity contribution in [3.63, 3.8) is 0 Å². The summed E-state index contributed by atoms with van der Waals surface area (Å²) in [6, 6.07) is 12.5. The third kappa shape index (κ3) is 15.4. The molecule has 0 amide bonds. The summed E-state index contributed by atoms with van der Waals surface area (Å²) in [5, 5.41) is 18.1. The number of benzene rings is 2. The van der Waals surface area contributed by atoms with E-state index in [0.29, 0.717) is 42.2 Å². The minimum Gasteiger partial charge on any atom is -0.494 e. The molecule has 2 N–H and O–H groups in total. The third-order valence-electron chi connectivity index (χ3n) is 6.71. The molecule has 1 unspecified atom stereocenters. The van der Waals surface area contributed by atoms with Gasteiger partial charge in [0.05, 0.1) is 30.1 Å². The second kappa shape index (κ2) is 20.7. The molecule has 0 saturated carbocycles. The first-order valence-corrected chi connectivity index (χ1v) is 14.9. The zero-order valence-electron chi connectivity index (χ0n) is 26.8. The molecule has 12 heteroatoms. The van der Waals surface area contributed by atoms with Crippen molar-refractivity contribution in [2.75, 3.05) is 26.4 Å². The lowest BCUT2D eigenvalue weighted by Crippen LogP contribution is -2.29. The predicted octanol–water partition coefficient (Wildman–Crippen LogP) is 4.03. The zero-order chi connectivity index (χ0) is 33.8. The molecule has 0 heterocycles. The predicted molar refractivity (Wildman–Crippen MR) is 169 cm³/mol. The van der Waals surface area contributed by atoms with Crippen molar-refractivity contribution in [2.45, 2.75) is 60.3 Å². The van der Waals surface area contributed by atoms with Crippen LogP contribution in [-0.4, -0.2) is 67.5 Å². The average Bonchev–Trinajstić information content (AvgIpc) is 3.04. The van der Waals surface area contributed by atoms with Gasteiger partial charge in [-0.05, 0) is 81.4 Å². The minimum atomic E-state index is -1.57. The van der Waals surface area contributed by atoms with Gasteiger partial charge < -0.3 is 33.7 Å². The summed E-state index contributed by atoms with van der Waals surface area (Å²) in [7, 11) is -1.57. The van der Waals surface area contributed by atoms with Gasteiger partial charge in [-0.2, -0.15) is 0 Å². The molecule has 0 aliphatic carbocycles. The van der Waals surface area contributed by atoms with E-state index in [9.17, 15) is 19.2 Å². The molecule has 0 aromatic heterocycles. The van der Waals surface area contributed by atoms with Gasteiger partial charge in [0.25, 0.3) is 0 Å². The van der Waals surface area contributed by atoms with Gasteiger partial charge in [0, 0.05) is 6.08 Å². The highest BCUT2D eigenvalue weighted by molar-refractivity contribution is 6.58. The van der Waals surface area contributed by atoms with Gasteiger partial charge in [-0.15, -0.1) is 0 Å². The van der Waals surface area contributed by atoms with Crippen LogP contribution in [0.1, 0.15) is 70.7 Å². The van der Waals surface area contributed by atoms with Crippen LogP contribution >= 0.6 is 0 Å². The van der Waals surface area contributed by atoms with Crippen LogP contribution in [0.15, 0.2) is 61.2 Å². The van der Waals surface area contributed by atoms with Crippen LogP contribution in [0.4, 0.5) is 0 Å². The fourth-order valence-corrected chi connectivity index (χ4v) is 3.11. The lowest BCUT2D eigenvalue weighted by Gasteiger charge is -2.20. The Bertz CT molecular complexity index is 1210. The van der Waals surface area contributed by atoms with Crippen molar-refractivity contribution in [1.82, 2.24) is 0 Å². The van der Waals surface area contributed by atoms with Gasteiger partial charge in [-0.3, -0.25) is 9.59 Å². The number of hydrogen-bond acceptors (Lipinski definition) is 11. The maximum Gasteiger partial charge on any atom is 0.488 e. The largest absolute Gasteiger partial charge is 0.494 e. The fraction of sp³-hybridized carbons (Fsp3) is 0.455. The molecule has 0 aliphatic rings. The number of unbranched alkanes of at least 4 members (excludes halogenated alkanes) is 1. The quantitative estimate of drug-likeness (QED) is 0.0652. The summed E-state index contributed by atoms with van der Waals surface area (Å²) in [5.74, 6) is -0.618. The van der Waals surface area contributed by atoms with Crippen molar-refractivity contribution in [1.29, 1.82) is 0 Å². The van der Waals surface area contributed by atoms with E-state index < -0.39 is 24.5 Å². The van der Waals surface area contributed by atoms with Crippen molar-refractivity contribution in [3.05, 3.63) is 66.7 Å². The molecule has 0 saturated heterocycles. The second-order valence-electron chi connectivity index (χ2n) is 10.6. The van der Waals surface area contributed by atoms with E-state index in [4.69, 9.17) is 29.0 Å². The Morgan fingerprint density at radius 2 is 1.42 bits per heavy atom. The molecule has 0 fully saturated rings. The Hall–Kier alpha value is -4.16. The summed E-state index contributed by atoms with van der Waals surface area (Å²) in [5.41, 5.74) is 0.193. The van der Waals surface area contributed by atoms with E-state index in [1.807, 2.05) is 34.6 Å². The standard InChI is InChI=1S/C22H27BO7.C11H18O4/c1-3-16(2)21(24)29-15-5-4-14-28-19-10-6-17(7-11-19)22(25)30-20-12-8-18(9-13-20)23(26)27;1-5-9(12)14-7-8-15-10(13)11(3,4)6-2/h6-13,16,26-27H,3-5,14-15H2,1-2H3;5H,1,6-8H2,2-4H3. The molecular weight excluding hydrogens is 583 g/mol. The monoisotopic (exact) mass is 628 g/mol. The highest BCUT2D eigenvalue weighted by Crippen LogP contribution is 2.21. The van der Waals surface area contributed by atoms with Crippen molar-refractivity contribution >= 4 is 36.5 Å². The fourth-order valence-electron chi connectivity index (χ4n) is 3.11. The smallest absolute Gasteiger partial charge is 0.488 e. The van der Waals surface area contributed by atoms with Gasteiger partial charge in [-0.1, -0.05) is 39.5 Å². The van der Waals surface area contributed by atoms with E-state index >= 15 is 0 Å². The Labute approximate surface area is 265 Å². The lowest BCUT2D eigenvalue weighted by molar-refractivity contribution is -0.157. The molecule has 45 heavy (non-hydrogen) atoms. The van der Waals surface area contributed by atoms with Gasteiger partial charge in [0.1, 0.15) is 24.7 Å². The van der Waals surface area contributed by atoms with Crippen molar-refractivity contribution in [3.8, 4) is 11.5 Å². The normalized spacial score (nSPS) is 11.2. The van der Waals surface area contributed by atoms with Gasteiger partial charge in [-0.25, -0.2) is 9.59 Å². The third-order valence-corrected chi connectivity index (χ3v) is 6.71. The molecule has 1 atom stereocenters. The molecule has 2 aromatic carbocycles. The first-order chi connectivity index (χ1) is 21.3. The van der Waals surface area contributed by atoms with Crippen LogP contribution in [-0.2, 0) is 28.6 Å². The van der Waals surface area contributed by atoms with E-state index in [-0.39, 0.29) is 31.1 Å². The molecule has 246 valence electrons. The number of carbonyl (C=O) groups excluding carboxylic acids is 4. The van der Waals surface area contributed by atoms with E-state index in [0.717, 1.165) is 25.3 Å². The Kier molecular flexibility index (Phi) is 17.9. The minimum absolute atomic E-state index is 0.0659. The molecule has 11 nitrogen and oxygen atoms in total. The van der Waals surface area contributed by atoms with Crippen LogP contribution in [0.5, 0.6) is 11.5 Å². The molecule has 0 aliphatic heterocycles. The summed E-state index contributed by atoms with van der Waals surface area (Å²) < 4.78 is 25.7. The Balaban J connectivity index is 0.000000570. The molecule has 2 aromatic rings. The maximum absolute atomic E-state index is 12.2. The SMILES string of the molecule is C=CC(=O)OCCOC(=O)C(C)(C)CC.CCC(C)C(=O)OCCCCOc1ccc(C(=O)Oc2ccc(B(O)O)cc2)cc1. The maximum atomic E-state index is 12.2. The van der Waals surface area contributed by atoms with Crippen LogP contribution < -0.4 is 14.9 Å². The lowest BCUT2D eigenvalue weighted by atomic mass is 9.80. The molecule has 2 rings (SSSR count). The number of esters is 4. The average molecular weight is 629 g/mol. The van der Waals surface area contributed by atoms with Crippen LogP contribution in [0.25, 0.3) is 0 Å². The molecule has 0 radical (unpaired) electrons. The molecular formula is C33H45BO11. The Morgan fingerprint density at radius 3 is 1.98 bits per heavy atom. The number of hydrogen-bond donors (Lipinski definition) is 2. The van der Waals surface area contributed by atoms with Crippen LogP contribution in [0.2, 0.25) is 0 Å². The highest BCUT2D eigenvalue weighted by atomic mass is 16.6. The van der Waals surface area contributed by atoms with Crippen molar-refractivity contribution < 1.29 is 52.9 Å².